The smallest absolute Gasteiger partial charge is 0.162 e. The van der Waals surface area contributed by atoms with Gasteiger partial charge in [0, 0.05) is 37.0 Å². The number of halogens is 2. The normalized spacial score (nSPS) is 16.4. The molecule has 0 N–H and O–H groups in total. The van der Waals surface area contributed by atoms with Gasteiger partial charge in [-0.3, -0.25) is 9.89 Å². The fourth-order valence-corrected chi connectivity index (χ4v) is 3.81. The molecule has 0 bridgehead atoms. The number of morpholine rings is 1. The molecule has 2 aromatic rings. The lowest BCUT2D eigenvalue weighted by Gasteiger charge is -2.28. The van der Waals surface area contributed by atoms with E-state index in [9.17, 15) is 4.39 Å². The lowest BCUT2D eigenvalue weighted by molar-refractivity contribution is 0.0357. The standard InChI is InChI=1S/C22H25ClFN3O3/c1-28-21-13-20-16(11-22(21)30-8-2-5-26-6-9-29-10-7-26)14-25-15-27(20)17-3-4-19(24)18(23)12-17/h3-4,11-13,15H,2,5-10,14H2,1H3. The minimum atomic E-state index is -0.451. The summed E-state index contributed by atoms with van der Waals surface area (Å²) in [7, 11) is 1.62. The number of nitrogens with zero attached hydrogens (tertiary/aromatic N) is 3. The molecule has 0 aromatic heterocycles. The number of ether oxygens (including phenoxy) is 3. The van der Waals surface area contributed by atoms with Crippen LogP contribution in [0.3, 0.4) is 0 Å². The number of methoxy groups -OCH3 is 1. The zero-order chi connectivity index (χ0) is 20.9. The highest BCUT2D eigenvalue weighted by molar-refractivity contribution is 6.31. The van der Waals surface area contributed by atoms with Crippen LogP contribution in [-0.4, -0.2) is 57.8 Å². The molecule has 8 heteroatoms. The van der Waals surface area contributed by atoms with Crippen molar-refractivity contribution in [3.63, 3.8) is 0 Å². The third kappa shape index (κ3) is 4.69. The minimum absolute atomic E-state index is 0.0696. The van der Waals surface area contributed by atoms with Crippen LogP contribution in [-0.2, 0) is 11.3 Å². The third-order valence-corrected chi connectivity index (χ3v) is 5.53. The monoisotopic (exact) mass is 433 g/mol. The van der Waals surface area contributed by atoms with E-state index in [2.05, 4.69) is 9.89 Å². The molecule has 1 fully saturated rings. The van der Waals surface area contributed by atoms with E-state index in [1.807, 2.05) is 17.0 Å². The van der Waals surface area contributed by atoms with Gasteiger partial charge >= 0.3 is 0 Å². The summed E-state index contributed by atoms with van der Waals surface area (Å²) < 4.78 is 30.6. The number of benzene rings is 2. The van der Waals surface area contributed by atoms with Crippen LogP contribution < -0.4 is 14.4 Å². The van der Waals surface area contributed by atoms with E-state index in [4.69, 9.17) is 25.8 Å². The zero-order valence-electron chi connectivity index (χ0n) is 16.9. The van der Waals surface area contributed by atoms with Gasteiger partial charge in [0.05, 0.1) is 50.5 Å². The highest BCUT2D eigenvalue weighted by Crippen LogP contribution is 2.40. The van der Waals surface area contributed by atoms with Crippen molar-refractivity contribution in [3.8, 4) is 11.5 Å². The second-order valence-electron chi connectivity index (χ2n) is 7.21. The lowest BCUT2D eigenvalue weighted by atomic mass is 10.1. The molecule has 0 spiro atoms. The molecule has 0 unspecified atom stereocenters. The largest absolute Gasteiger partial charge is 0.493 e. The van der Waals surface area contributed by atoms with E-state index in [0.717, 1.165) is 56.2 Å². The Morgan fingerprint density at radius 2 is 2.00 bits per heavy atom. The summed E-state index contributed by atoms with van der Waals surface area (Å²) in [6.07, 6.45) is 2.65. The first-order valence-electron chi connectivity index (χ1n) is 10.0. The second kappa shape index (κ2) is 9.64. The van der Waals surface area contributed by atoms with E-state index < -0.39 is 5.82 Å². The van der Waals surface area contributed by atoms with Crippen molar-refractivity contribution in [2.75, 3.05) is 51.5 Å². The van der Waals surface area contributed by atoms with Gasteiger partial charge in [-0.1, -0.05) is 11.6 Å². The molecule has 2 aromatic carbocycles. The molecule has 0 saturated carbocycles. The Kier molecular flexibility index (Phi) is 6.72. The summed E-state index contributed by atoms with van der Waals surface area (Å²) in [6.45, 7) is 5.68. The number of rotatable bonds is 7. The van der Waals surface area contributed by atoms with Crippen molar-refractivity contribution in [1.82, 2.24) is 4.90 Å². The molecular formula is C22H25ClFN3O3. The molecule has 2 aliphatic rings. The van der Waals surface area contributed by atoms with E-state index in [1.54, 1.807) is 25.6 Å². The Labute approximate surface area is 180 Å². The minimum Gasteiger partial charge on any atom is -0.493 e. The molecule has 2 heterocycles. The maximum absolute atomic E-state index is 13.6. The molecule has 0 aliphatic carbocycles. The van der Waals surface area contributed by atoms with Crippen LogP contribution in [0.4, 0.5) is 15.8 Å². The second-order valence-corrected chi connectivity index (χ2v) is 7.62. The average molecular weight is 434 g/mol. The summed E-state index contributed by atoms with van der Waals surface area (Å²) in [5.74, 6) is 0.897. The Balaban J connectivity index is 1.47. The van der Waals surface area contributed by atoms with Crippen LogP contribution in [0.5, 0.6) is 11.5 Å². The van der Waals surface area contributed by atoms with Crippen molar-refractivity contribution in [2.24, 2.45) is 4.99 Å². The van der Waals surface area contributed by atoms with Crippen LogP contribution in [0.2, 0.25) is 5.02 Å². The molecule has 4 rings (SSSR count). The fraction of sp³-hybridized carbons (Fsp3) is 0.409. The predicted molar refractivity (Wildman–Crippen MR) is 116 cm³/mol. The third-order valence-electron chi connectivity index (χ3n) is 5.24. The SMILES string of the molecule is COc1cc2c(cc1OCCCN1CCOCC1)CN=CN2c1ccc(F)c(Cl)c1. The van der Waals surface area contributed by atoms with Gasteiger partial charge in [0.15, 0.2) is 11.5 Å². The van der Waals surface area contributed by atoms with E-state index in [-0.39, 0.29) is 5.02 Å². The number of fused-ring (bicyclic) bond motifs is 1. The summed E-state index contributed by atoms with van der Waals surface area (Å²) >= 11 is 5.97. The first-order valence-corrected chi connectivity index (χ1v) is 10.4. The van der Waals surface area contributed by atoms with Crippen LogP contribution in [0.25, 0.3) is 0 Å². The van der Waals surface area contributed by atoms with Gasteiger partial charge in [0.2, 0.25) is 0 Å². The highest BCUT2D eigenvalue weighted by Gasteiger charge is 2.20. The lowest BCUT2D eigenvalue weighted by Crippen LogP contribution is -2.37. The van der Waals surface area contributed by atoms with Crippen LogP contribution >= 0.6 is 11.6 Å². The molecule has 30 heavy (non-hydrogen) atoms. The van der Waals surface area contributed by atoms with Gasteiger partial charge in [-0.05, 0) is 30.7 Å². The molecule has 0 atom stereocenters. The van der Waals surface area contributed by atoms with Gasteiger partial charge in [0.25, 0.3) is 0 Å². The molecule has 0 amide bonds. The van der Waals surface area contributed by atoms with Crippen molar-refractivity contribution in [2.45, 2.75) is 13.0 Å². The number of hydrogen-bond acceptors (Lipinski definition) is 6. The number of aliphatic imine (C=N–C) groups is 1. The van der Waals surface area contributed by atoms with E-state index in [1.165, 1.54) is 6.07 Å². The molecule has 6 nitrogen and oxygen atoms in total. The summed E-state index contributed by atoms with van der Waals surface area (Å²) in [6, 6.07) is 8.50. The number of anilines is 2. The Hall–Kier alpha value is -2.35. The van der Waals surface area contributed by atoms with E-state index >= 15 is 0 Å². The van der Waals surface area contributed by atoms with E-state index in [0.29, 0.717) is 24.7 Å². The summed E-state index contributed by atoms with van der Waals surface area (Å²) in [4.78, 5) is 8.69. The van der Waals surface area contributed by atoms with Gasteiger partial charge in [-0.15, -0.1) is 0 Å². The van der Waals surface area contributed by atoms with Gasteiger partial charge in [-0.25, -0.2) is 4.39 Å². The van der Waals surface area contributed by atoms with Crippen LogP contribution in [0.15, 0.2) is 35.3 Å². The topological polar surface area (TPSA) is 46.5 Å². The molecule has 1 saturated heterocycles. The molecule has 2 aliphatic heterocycles. The quantitative estimate of drug-likeness (QED) is 0.610. The maximum Gasteiger partial charge on any atom is 0.162 e. The predicted octanol–water partition coefficient (Wildman–Crippen LogP) is 4.27. The molecular weight excluding hydrogens is 409 g/mol. The van der Waals surface area contributed by atoms with Gasteiger partial charge in [0.1, 0.15) is 5.82 Å². The summed E-state index contributed by atoms with van der Waals surface area (Å²) in [5, 5.41) is 0.0696. The Bertz CT molecular complexity index is 919. The van der Waals surface area contributed by atoms with Crippen LogP contribution in [0, 0.1) is 5.82 Å². The van der Waals surface area contributed by atoms with Crippen molar-refractivity contribution in [1.29, 1.82) is 0 Å². The first kappa shape index (κ1) is 20.9. The van der Waals surface area contributed by atoms with Gasteiger partial charge < -0.3 is 19.1 Å². The van der Waals surface area contributed by atoms with Gasteiger partial charge in [-0.2, -0.15) is 0 Å². The summed E-state index contributed by atoms with van der Waals surface area (Å²) in [5.41, 5.74) is 2.64. The average Bonchev–Trinajstić information content (AvgIpc) is 2.78. The fourth-order valence-electron chi connectivity index (χ4n) is 3.63. The van der Waals surface area contributed by atoms with Crippen LogP contribution in [0.1, 0.15) is 12.0 Å². The molecule has 0 radical (unpaired) electrons. The van der Waals surface area contributed by atoms with Crippen molar-refractivity contribution in [3.05, 3.63) is 46.7 Å². The highest BCUT2D eigenvalue weighted by atomic mass is 35.5. The Morgan fingerprint density at radius 1 is 1.17 bits per heavy atom. The Morgan fingerprint density at radius 3 is 2.77 bits per heavy atom. The maximum atomic E-state index is 13.6. The zero-order valence-corrected chi connectivity index (χ0v) is 17.7. The molecule has 160 valence electrons. The number of hydrogen-bond donors (Lipinski definition) is 0. The first-order chi connectivity index (χ1) is 14.7. The van der Waals surface area contributed by atoms with Crippen molar-refractivity contribution < 1.29 is 18.6 Å². The van der Waals surface area contributed by atoms with Crippen molar-refractivity contribution >= 4 is 29.3 Å².